The van der Waals surface area contributed by atoms with E-state index in [0.717, 1.165) is 152 Å². The summed E-state index contributed by atoms with van der Waals surface area (Å²) < 4.78 is 0. The van der Waals surface area contributed by atoms with Crippen molar-refractivity contribution in [3.8, 4) is 0 Å². The molecule has 94 heavy (non-hydrogen) atoms. The number of likely N-dealkylation sites (tertiary alicyclic amines) is 6. The monoisotopic (exact) mass is 1310 g/mol. The Hall–Kier alpha value is -3.42. The van der Waals surface area contributed by atoms with E-state index < -0.39 is 0 Å². The molecule has 18 heteroatoms. The summed E-state index contributed by atoms with van der Waals surface area (Å²) in [7, 11) is 22.9. The highest BCUT2D eigenvalue weighted by Crippen LogP contribution is 2.47. The molecule has 0 bridgehead atoms. The van der Waals surface area contributed by atoms with E-state index >= 15 is 0 Å². The van der Waals surface area contributed by atoms with Crippen molar-refractivity contribution in [2.24, 2.45) is 0 Å². The Morgan fingerprint density at radius 2 is 0.372 bits per heavy atom. The fourth-order valence-corrected chi connectivity index (χ4v) is 19.5. The first-order chi connectivity index (χ1) is 42.6. The molecule has 6 saturated heterocycles. The summed E-state index contributed by atoms with van der Waals surface area (Å²) in [6, 6.07) is 1.49. The van der Waals surface area contributed by atoms with Gasteiger partial charge in [-0.05, 0) is 298 Å². The first-order valence-corrected chi connectivity index (χ1v) is 37.0. The van der Waals surface area contributed by atoms with Gasteiger partial charge in [0.1, 0.15) is 0 Å². The minimum absolute atomic E-state index is 0.00388. The SMILES string of the molecule is CN(c1nc(N(C)C2CC(C)(C)N(C)C(C)(C)C2)nc(N(CCCCCCN(c2nc(N(C)C3CC(C)(C)N(C)C(C)(C)C3)nc(N(C)C3CC(C)(C)N(C)C(C)(C)C3)n2)C2CC(C)(C)N(C)C(C)(C)C2)C2CC(C)(C)N(C)C(C)(C)C2)n1)C1CC(C)(C)N(C)C(C)(C)C1. The van der Waals surface area contributed by atoms with Crippen molar-refractivity contribution >= 4 is 35.7 Å². The Labute approximate surface area is 576 Å². The Balaban J connectivity index is 1.16. The van der Waals surface area contributed by atoms with Crippen molar-refractivity contribution in [2.45, 2.75) is 372 Å². The van der Waals surface area contributed by atoms with Crippen LogP contribution in [-0.4, -0.2) is 246 Å². The van der Waals surface area contributed by atoms with Crippen molar-refractivity contribution in [1.82, 2.24) is 59.3 Å². The van der Waals surface area contributed by atoms with Crippen molar-refractivity contribution in [3.05, 3.63) is 0 Å². The molecular weight excluding hydrogens is 1160 g/mol. The highest BCUT2D eigenvalue weighted by atomic mass is 15.4. The zero-order valence-electron chi connectivity index (χ0n) is 67.2. The summed E-state index contributed by atoms with van der Waals surface area (Å²) in [5.41, 5.74) is -0.108. The van der Waals surface area contributed by atoms with Crippen LogP contribution >= 0.6 is 0 Å². The molecule has 6 aliphatic rings. The summed E-state index contributed by atoms with van der Waals surface area (Å²) in [4.78, 5) is 64.7. The second-order valence-corrected chi connectivity index (χ2v) is 39.2. The minimum Gasteiger partial charge on any atom is -0.341 e. The van der Waals surface area contributed by atoms with E-state index in [9.17, 15) is 0 Å². The Morgan fingerprint density at radius 1 is 0.234 bits per heavy atom. The summed E-state index contributed by atoms with van der Waals surface area (Å²) >= 11 is 0. The number of hydrogen-bond donors (Lipinski definition) is 0. The lowest BCUT2D eigenvalue weighted by Crippen LogP contribution is -2.63. The number of aromatic nitrogens is 6. The van der Waals surface area contributed by atoms with Crippen LogP contribution in [0.2, 0.25) is 0 Å². The van der Waals surface area contributed by atoms with Gasteiger partial charge in [-0.3, -0.25) is 29.4 Å². The number of anilines is 6. The maximum Gasteiger partial charge on any atom is 0.232 e. The predicted molar refractivity (Wildman–Crippen MR) is 400 cm³/mol. The van der Waals surface area contributed by atoms with E-state index in [0.29, 0.717) is 0 Å². The van der Waals surface area contributed by atoms with E-state index in [1.807, 2.05) is 0 Å². The van der Waals surface area contributed by atoms with Crippen LogP contribution in [0.5, 0.6) is 0 Å². The molecule has 0 N–H and O–H groups in total. The summed E-state index contributed by atoms with van der Waals surface area (Å²) in [6.45, 7) is 59.8. The standard InChI is InChI=1S/C76H144N18/c1-65(2)41-53(42-66(3,4)87(65)29)83(25)59-77-60(84(26)54-43-67(5,6)88(30)68(7,8)44-54)80-63(79-59)93(57-49-73(17,18)91(33)74(19,20)50-57)39-37-35-36-38-40-94(58-51-75(21,22)92(34)76(23,24)52-58)64-81-61(85(27)55-45-69(9,10)89(31)70(11,12)46-55)78-62(82-64)86(28)56-47-71(13,14)90(32)72(15,16)48-56/h53-58H,35-52H2,1-34H3. The lowest BCUT2D eigenvalue weighted by molar-refractivity contribution is -0.0135. The molecule has 6 fully saturated rings. The molecule has 2 aromatic heterocycles. The van der Waals surface area contributed by atoms with Gasteiger partial charge >= 0.3 is 0 Å². The third-order valence-corrected chi connectivity index (χ3v) is 27.3. The molecule has 0 atom stereocenters. The molecule has 0 aromatic carbocycles. The quantitative estimate of drug-likeness (QED) is 0.124. The fraction of sp³-hybridized carbons (Fsp3) is 0.921. The maximum atomic E-state index is 5.72. The normalized spacial score (nSPS) is 26.9. The molecule has 6 aliphatic heterocycles. The van der Waals surface area contributed by atoms with Crippen LogP contribution in [0.25, 0.3) is 0 Å². The largest absolute Gasteiger partial charge is 0.341 e. The second kappa shape index (κ2) is 25.9. The molecule has 538 valence electrons. The van der Waals surface area contributed by atoms with Crippen LogP contribution in [0.4, 0.5) is 35.7 Å². The zero-order valence-corrected chi connectivity index (χ0v) is 67.2. The molecule has 8 heterocycles. The second-order valence-electron chi connectivity index (χ2n) is 39.2. The van der Waals surface area contributed by atoms with Crippen LogP contribution < -0.4 is 29.4 Å². The topological polar surface area (TPSA) is 116 Å². The molecule has 0 amide bonds. The van der Waals surface area contributed by atoms with Gasteiger partial charge in [-0.2, -0.15) is 29.9 Å². The summed E-state index contributed by atoms with van der Waals surface area (Å²) in [5, 5.41) is 0. The predicted octanol–water partition coefficient (Wildman–Crippen LogP) is 13.6. The molecule has 0 spiro atoms. The molecular formula is C76H144N18. The van der Waals surface area contributed by atoms with E-state index in [4.69, 9.17) is 29.9 Å². The number of nitrogens with zero attached hydrogens (tertiary/aromatic N) is 18. The van der Waals surface area contributed by atoms with Gasteiger partial charge in [0.15, 0.2) is 0 Å². The first kappa shape index (κ1) is 76.3. The van der Waals surface area contributed by atoms with E-state index in [1.54, 1.807) is 0 Å². The third kappa shape index (κ3) is 15.5. The Bertz CT molecular complexity index is 2490. The van der Waals surface area contributed by atoms with Gasteiger partial charge in [-0.1, -0.05) is 12.8 Å². The smallest absolute Gasteiger partial charge is 0.232 e. The van der Waals surface area contributed by atoms with Gasteiger partial charge in [-0.15, -0.1) is 0 Å². The Kier molecular flexibility index (Phi) is 21.1. The average Bonchev–Trinajstić information content (AvgIpc) is 0.763. The van der Waals surface area contributed by atoms with Crippen LogP contribution in [0, 0.1) is 0 Å². The van der Waals surface area contributed by atoms with Gasteiger partial charge in [-0.25, -0.2) is 0 Å². The molecule has 0 radical (unpaired) electrons. The van der Waals surface area contributed by atoms with Gasteiger partial charge in [0.2, 0.25) is 35.7 Å². The summed E-state index contributed by atoms with van der Waals surface area (Å²) in [6.07, 6.45) is 16.5. The third-order valence-electron chi connectivity index (χ3n) is 27.3. The van der Waals surface area contributed by atoms with Crippen LogP contribution in [0.15, 0.2) is 0 Å². The number of piperidine rings is 6. The molecule has 8 rings (SSSR count). The summed E-state index contributed by atoms with van der Waals surface area (Å²) in [5.74, 6) is 4.81. The lowest BCUT2D eigenvalue weighted by atomic mass is 9.77. The van der Waals surface area contributed by atoms with Crippen molar-refractivity contribution < 1.29 is 0 Å². The highest BCUT2D eigenvalue weighted by molar-refractivity contribution is 5.50. The van der Waals surface area contributed by atoms with Gasteiger partial charge < -0.3 is 29.4 Å². The van der Waals surface area contributed by atoms with Gasteiger partial charge in [0, 0.05) is 144 Å². The lowest BCUT2D eigenvalue weighted by Gasteiger charge is -2.56. The maximum absolute atomic E-state index is 5.72. The number of hydrogen-bond acceptors (Lipinski definition) is 18. The minimum atomic E-state index is -0.0347. The number of unbranched alkanes of at least 4 members (excludes halogenated alkanes) is 3. The molecule has 0 unspecified atom stereocenters. The molecule has 0 saturated carbocycles. The van der Waals surface area contributed by atoms with Crippen LogP contribution in [-0.2, 0) is 0 Å². The van der Waals surface area contributed by atoms with Gasteiger partial charge in [0.25, 0.3) is 0 Å². The molecule has 0 aliphatic carbocycles. The van der Waals surface area contributed by atoms with Crippen molar-refractivity contribution in [2.75, 3.05) is 113 Å². The Morgan fingerprint density at radius 3 is 0.532 bits per heavy atom. The highest BCUT2D eigenvalue weighted by Gasteiger charge is 2.52. The first-order valence-electron chi connectivity index (χ1n) is 37.0. The van der Waals surface area contributed by atoms with E-state index in [2.05, 4.69) is 295 Å². The van der Waals surface area contributed by atoms with Crippen LogP contribution in [0.3, 0.4) is 0 Å². The van der Waals surface area contributed by atoms with Gasteiger partial charge in [0.05, 0.1) is 0 Å². The zero-order chi connectivity index (χ0) is 70.8. The molecule has 18 nitrogen and oxygen atoms in total. The van der Waals surface area contributed by atoms with Crippen molar-refractivity contribution in [1.29, 1.82) is 0 Å². The molecule has 2 aromatic rings. The van der Waals surface area contributed by atoms with E-state index in [-0.39, 0.29) is 103 Å². The fourth-order valence-electron chi connectivity index (χ4n) is 19.5. The number of rotatable bonds is 19. The van der Waals surface area contributed by atoms with Crippen molar-refractivity contribution in [3.63, 3.8) is 0 Å². The van der Waals surface area contributed by atoms with E-state index in [1.165, 1.54) is 0 Å². The average molecular weight is 1310 g/mol. The van der Waals surface area contributed by atoms with Crippen LogP contribution in [0.1, 0.15) is 269 Å².